The van der Waals surface area contributed by atoms with Crippen LogP contribution in [-0.2, 0) is 16.4 Å². The Labute approximate surface area is 208 Å². The number of benzene rings is 2. The Morgan fingerprint density at radius 2 is 2.03 bits per heavy atom. The van der Waals surface area contributed by atoms with Crippen molar-refractivity contribution in [3.05, 3.63) is 70.8 Å². The van der Waals surface area contributed by atoms with Crippen LogP contribution in [0.2, 0.25) is 5.02 Å². The fraction of sp³-hybridized carbons (Fsp3) is 0.280. The number of likely N-dealkylation sites (tertiary alicyclic amines) is 1. The van der Waals surface area contributed by atoms with Gasteiger partial charge in [-0.2, -0.15) is 0 Å². The number of ether oxygens (including phenoxy) is 1. The number of hydrogen-bond donors (Lipinski definition) is 1. The van der Waals surface area contributed by atoms with E-state index in [1.807, 2.05) is 6.92 Å². The fourth-order valence-corrected chi connectivity index (χ4v) is 5.58. The van der Waals surface area contributed by atoms with Gasteiger partial charge >= 0.3 is 0 Å². The Bertz CT molecular complexity index is 1360. The summed E-state index contributed by atoms with van der Waals surface area (Å²) in [4.78, 5) is 18.1. The van der Waals surface area contributed by atoms with Gasteiger partial charge in [0.25, 0.3) is 15.9 Å². The lowest BCUT2D eigenvalue weighted by Crippen LogP contribution is -2.42. The Balaban J connectivity index is 1.79. The zero-order valence-electron chi connectivity index (χ0n) is 19.3. The summed E-state index contributed by atoms with van der Waals surface area (Å²) in [7, 11) is -2.97. The molecule has 1 amide bonds. The number of rotatable bonds is 8. The molecule has 0 spiro atoms. The molecule has 1 fully saturated rings. The monoisotopic (exact) mass is 517 g/mol. The van der Waals surface area contributed by atoms with E-state index >= 15 is 0 Å². The highest BCUT2D eigenvalue weighted by molar-refractivity contribution is 7.92. The number of halogens is 2. The molecule has 2 heterocycles. The third-order valence-electron chi connectivity index (χ3n) is 5.82. The quantitative estimate of drug-likeness (QED) is 0.446. The first kappa shape index (κ1) is 24.9. The number of anilines is 1. The molecule has 1 saturated heterocycles. The molecule has 0 bridgehead atoms. The lowest BCUT2D eigenvalue weighted by atomic mass is 10.0. The number of nitrogens with one attached hydrogen (secondary N) is 1. The number of carbonyl (C=O) groups is 1. The summed E-state index contributed by atoms with van der Waals surface area (Å²) >= 11 is 6.32. The first-order chi connectivity index (χ1) is 16.7. The number of nitrogens with zero attached hydrogens (tertiary/aromatic N) is 2. The van der Waals surface area contributed by atoms with Gasteiger partial charge in [-0.15, -0.1) is 0 Å². The molecule has 35 heavy (non-hydrogen) atoms. The average Bonchev–Trinajstić information content (AvgIpc) is 2.79. The molecule has 10 heteroatoms. The molecule has 1 N–H and O–H groups in total. The van der Waals surface area contributed by atoms with Gasteiger partial charge in [0.2, 0.25) is 0 Å². The zero-order valence-corrected chi connectivity index (χ0v) is 20.9. The third-order valence-corrected chi connectivity index (χ3v) is 7.47. The van der Waals surface area contributed by atoms with Crippen LogP contribution in [0.25, 0.3) is 11.1 Å². The third kappa shape index (κ3) is 5.11. The minimum atomic E-state index is -4.27. The van der Waals surface area contributed by atoms with Crippen molar-refractivity contribution in [1.29, 1.82) is 0 Å². The standard InChI is InChI=1S/C25H25ClFN3O4S/c1-3-6-16-12-21(27)19(17-7-4-8-28-15-17)14-22(16)29-35(32,33)23-13-18(11-20(26)24(23)34-2)25(31)30-9-5-10-30/h4,7-8,11-15,29H,3,5-6,9-10H2,1-2H3. The molecular weight excluding hydrogens is 493 g/mol. The van der Waals surface area contributed by atoms with E-state index < -0.39 is 15.8 Å². The summed E-state index contributed by atoms with van der Waals surface area (Å²) in [6, 6.07) is 8.82. The van der Waals surface area contributed by atoms with Crippen molar-refractivity contribution in [2.45, 2.75) is 31.1 Å². The van der Waals surface area contributed by atoms with Gasteiger partial charge in [-0.3, -0.25) is 14.5 Å². The number of amides is 1. The Hall–Kier alpha value is -3.17. The summed E-state index contributed by atoms with van der Waals surface area (Å²) in [5, 5.41) is 0.00295. The van der Waals surface area contributed by atoms with Crippen molar-refractivity contribution in [3.8, 4) is 16.9 Å². The first-order valence-corrected chi connectivity index (χ1v) is 13.0. The maximum atomic E-state index is 14.9. The van der Waals surface area contributed by atoms with Crippen molar-refractivity contribution < 1.29 is 22.3 Å². The number of aryl methyl sites for hydroxylation is 1. The molecule has 0 aliphatic carbocycles. The highest BCUT2D eigenvalue weighted by atomic mass is 35.5. The van der Waals surface area contributed by atoms with Gasteiger partial charge in [-0.1, -0.05) is 31.0 Å². The van der Waals surface area contributed by atoms with Crippen molar-refractivity contribution in [2.24, 2.45) is 0 Å². The fourth-order valence-electron chi connectivity index (χ4n) is 3.92. The summed E-state index contributed by atoms with van der Waals surface area (Å²) in [6.07, 6.45) is 5.10. The van der Waals surface area contributed by atoms with E-state index in [1.54, 1.807) is 23.2 Å². The minimum absolute atomic E-state index is 0.00295. The lowest BCUT2D eigenvalue weighted by Gasteiger charge is -2.31. The molecule has 184 valence electrons. The highest BCUT2D eigenvalue weighted by Crippen LogP contribution is 2.37. The number of sulfonamides is 1. The summed E-state index contributed by atoms with van der Waals surface area (Å²) in [5.74, 6) is -0.859. The summed E-state index contributed by atoms with van der Waals surface area (Å²) in [5.41, 5.74) is 1.60. The van der Waals surface area contributed by atoms with E-state index in [2.05, 4.69) is 9.71 Å². The maximum absolute atomic E-state index is 14.9. The van der Waals surface area contributed by atoms with Crippen LogP contribution >= 0.6 is 11.6 Å². The van der Waals surface area contributed by atoms with Crippen LogP contribution in [0.15, 0.2) is 53.7 Å². The van der Waals surface area contributed by atoms with E-state index in [-0.39, 0.29) is 38.4 Å². The van der Waals surface area contributed by atoms with Crippen LogP contribution in [0.1, 0.15) is 35.7 Å². The second kappa shape index (κ2) is 10.2. The van der Waals surface area contributed by atoms with Gasteiger partial charge in [0.1, 0.15) is 10.7 Å². The topological polar surface area (TPSA) is 88.6 Å². The predicted molar refractivity (Wildman–Crippen MR) is 133 cm³/mol. The molecule has 0 saturated carbocycles. The molecule has 1 aromatic heterocycles. The van der Waals surface area contributed by atoms with Crippen LogP contribution in [-0.4, -0.2) is 44.4 Å². The van der Waals surface area contributed by atoms with Crippen molar-refractivity contribution in [1.82, 2.24) is 9.88 Å². The molecule has 1 aliphatic rings. The minimum Gasteiger partial charge on any atom is -0.494 e. The van der Waals surface area contributed by atoms with Gasteiger partial charge in [0.15, 0.2) is 5.75 Å². The van der Waals surface area contributed by atoms with Crippen molar-refractivity contribution in [3.63, 3.8) is 0 Å². The second-order valence-corrected chi connectivity index (χ2v) is 10.3. The molecule has 3 aromatic rings. The molecule has 0 unspecified atom stereocenters. The van der Waals surface area contributed by atoms with Crippen LogP contribution < -0.4 is 9.46 Å². The van der Waals surface area contributed by atoms with E-state index in [9.17, 15) is 17.6 Å². The maximum Gasteiger partial charge on any atom is 0.265 e. The molecular formula is C25H25ClFN3O4S. The first-order valence-electron chi connectivity index (χ1n) is 11.2. The van der Waals surface area contributed by atoms with Crippen molar-refractivity contribution >= 4 is 33.2 Å². The number of hydrogen-bond acceptors (Lipinski definition) is 5. The second-order valence-electron chi connectivity index (χ2n) is 8.22. The average molecular weight is 518 g/mol. The number of carbonyl (C=O) groups excluding carboxylic acids is 1. The summed E-state index contributed by atoms with van der Waals surface area (Å²) < 4.78 is 49.9. The van der Waals surface area contributed by atoms with Crippen molar-refractivity contribution in [2.75, 3.05) is 24.9 Å². The molecule has 0 atom stereocenters. The highest BCUT2D eigenvalue weighted by Gasteiger charge is 2.29. The molecule has 1 aliphatic heterocycles. The van der Waals surface area contributed by atoms with Crippen LogP contribution in [0, 0.1) is 5.82 Å². The normalized spacial score (nSPS) is 13.3. The Morgan fingerprint density at radius 1 is 1.26 bits per heavy atom. The predicted octanol–water partition coefficient (Wildman–Crippen LogP) is 5.15. The van der Waals surface area contributed by atoms with E-state index in [0.717, 1.165) is 6.42 Å². The molecule has 4 rings (SSSR count). The SMILES string of the molecule is CCCc1cc(F)c(-c2cccnc2)cc1NS(=O)(=O)c1cc(C(=O)N2CCC2)cc(Cl)c1OC. The molecule has 0 radical (unpaired) electrons. The van der Waals surface area contributed by atoms with Gasteiger partial charge in [0, 0.05) is 42.2 Å². The van der Waals surface area contributed by atoms with E-state index in [1.165, 1.54) is 37.6 Å². The number of methoxy groups -OCH3 is 1. The smallest absolute Gasteiger partial charge is 0.265 e. The van der Waals surface area contributed by atoms with E-state index in [0.29, 0.717) is 37.1 Å². The summed E-state index contributed by atoms with van der Waals surface area (Å²) in [6.45, 7) is 3.13. The zero-order chi connectivity index (χ0) is 25.2. The largest absolute Gasteiger partial charge is 0.494 e. The van der Waals surface area contributed by atoms with Crippen LogP contribution in [0.5, 0.6) is 5.75 Å². The van der Waals surface area contributed by atoms with Gasteiger partial charge < -0.3 is 9.64 Å². The van der Waals surface area contributed by atoms with Crippen LogP contribution in [0.4, 0.5) is 10.1 Å². The molecule has 2 aromatic carbocycles. The van der Waals surface area contributed by atoms with E-state index in [4.69, 9.17) is 16.3 Å². The molecule has 7 nitrogen and oxygen atoms in total. The van der Waals surface area contributed by atoms with Gasteiger partial charge in [-0.05, 0) is 48.7 Å². The number of pyridine rings is 1. The number of aromatic nitrogens is 1. The Kier molecular flexibility index (Phi) is 7.28. The van der Waals surface area contributed by atoms with Crippen LogP contribution in [0.3, 0.4) is 0 Å². The Morgan fingerprint density at radius 3 is 2.63 bits per heavy atom. The van der Waals surface area contributed by atoms with Gasteiger partial charge in [0.05, 0.1) is 17.8 Å². The van der Waals surface area contributed by atoms with Gasteiger partial charge in [-0.25, -0.2) is 12.8 Å². The lowest BCUT2D eigenvalue weighted by molar-refractivity contribution is 0.0651.